The summed E-state index contributed by atoms with van der Waals surface area (Å²) < 4.78 is 94.6. The van der Waals surface area contributed by atoms with E-state index in [-0.39, 0.29) is 17.0 Å². The first-order valence-corrected chi connectivity index (χ1v) is 11.8. The lowest BCUT2D eigenvalue weighted by molar-refractivity contribution is -0.142. The highest BCUT2D eigenvalue weighted by Gasteiger charge is 2.46. The molecule has 0 spiro atoms. The second-order valence-corrected chi connectivity index (χ2v) is 9.01. The fraction of sp³-hybridized carbons (Fsp3) is 0.423. The molecule has 2 saturated heterocycles. The minimum atomic E-state index is -4.92. The van der Waals surface area contributed by atoms with Gasteiger partial charge < -0.3 is 9.47 Å². The fourth-order valence-electron chi connectivity index (χ4n) is 5.26. The van der Waals surface area contributed by atoms with Crippen molar-refractivity contribution >= 4 is 10.9 Å². The lowest BCUT2D eigenvalue weighted by Gasteiger charge is -2.33. The van der Waals surface area contributed by atoms with Crippen LogP contribution in [0.3, 0.4) is 0 Å². The van der Waals surface area contributed by atoms with Gasteiger partial charge >= 0.3 is 12.4 Å². The highest BCUT2D eigenvalue weighted by atomic mass is 19.4. The van der Waals surface area contributed by atoms with Gasteiger partial charge in [0.15, 0.2) is 0 Å². The molecule has 2 aliphatic heterocycles. The summed E-state index contributed by atoms with van der Waals surface area (Å²) in [6.07, 6.45) is -8.82. The predicted molar refractivity (Wildman–Crippen MR) is 120 cm³/mol. The molecule has 2 aliphatic rings. The number of hydrogen-bond acceptors (Lipinski definition) is 4. The average Bonchev–Trinajstić information content (AvgIpc) is 3.22. The van der Waals surface area contributed by atoms with Gasteiger partial charge in [-0.3, -0.25) is 4.90 Å². The molecule has 10 heteroatoms. The summed E-state index contributed by atoms with van der Waals surface area (Å²) >= 11 is 0. The number of nitrogens with zero attached hydrogens (tertiary/aromatic N) is 2. The average molecular weight is 510 g/mol. The van der Waals surface area contributed by atoms with E-state index in [2.05, 4.69) is 9.88 Å². The van der Waals surface area contributed by atoms with Crippen LogP contribution in [0.1, 0.15) is 60.9 Å². The third kappa shape index (κ3) is 4.52. The van der Waals surface area contributed by atoms with Gasteiger partial charge in [-0.1, -0.05) is 30.7 Å². The number of ether oxygens (including phenoxy) is 2. The van der Waals surface area contributed by atoms with Gasteiger partial charge in [-0.15, -0.1) is 0 Å². The molecule has 5 rings (SSSR count). The minimum absolute atomic E-state index is 0.0112. The first-order valence-electron chi connectivity index (χ1n) is 11.8. The number of hydrogen-bond donors (Lipinski definition) is 0. The van der Waals surface area contributed by atoms with Crippen molar-refractivity contribution < 1.29 is 35.8 Å². The predicted octanol–water partition coefficient (Wildman–Crippen LogP) is 7.30. The molecule has 0 aliphatic carbocycles. The molecule has 2 fully saturated rings. The molecule has 3 atom stereocenters. The second-order valence-electron chi connectivity index (χ2n) is 9.01. The van der Waals surface area contributed by atoms with Gasteiger partial charge in [0.2, 0.25) is 0 Å². The van der Waals surface area contributed by atoms with Gasteiger partial charge in [0.1, 0.15) is 23.8 Å². The molecule has 1 unspecified atom stereocenters. The standard InChI is InChI=1S/C26H24F6N2O2/c1-2-35-16-8-5-7-15(13-16)24-34-12-4-3-11-20(34)23(36-24)18-14-21(26(30,31)32)33-22-17(18)9-6-10-19(22)25(27,28)29/h5-10,13-14,20,23-24H,2-4,11-12H2,1H3/t20-,23+,24?/m1/s1. The van der Waals surface area contributed by atoms with E-state index in [1.54, 1.807) is 6.07 Å². The van der Waals surface area contributed by atoms with Crippen molar-refractivity contribution in [3.63, 3.8) is 0 Å². The number of benzene rings is 2. The van der Waals surface area contributed by atoms with Gasteiger partial charge in [-0.25, -0.2) is 4.98 Å². The number of alkyl halides is 6. The lowest BCUT2D eigenvalue weighted by Crippen LogP contribution is -2.38. The molecule has 3 heterocycles. The van der Waals surface area contributed by atoms with Crippen LogP contribution in [0.2, 0.25) is 0 Å². The Balaban J connectivity index is 1.66. The normalized spacial score (nSPS) is 23.1. The molecule has 0 N–H and O–H groups in total. The number of pyridine rings is 1. The van der Waals surface area contributed by atoms with Crippen LogP contribution in [-0.4, -0.2) is 29.1 Å². The van der Waals surface area contributed by atoms with Crippen LogP contribution < -0.4 is 4.74 Å². The van der Waals surface area contributed by atoms with E-state index in [4.69, 9.17) is 9.47 Å². The summed E-state index contributed by atoms with van der Waals surface area (Å²) in [4.78, 5) is 5.52. The Morgan fingerprint density at radius 1 is 1.00 bits per heavy atom. The summed E-state index contributed by atoms with van der Waals surface area (Å²) in [5, 5.41) is 0.0112. The number of rotatable bonds is 4. The van der Waals surface area contributed by atoms with Gasteiger partial charge in [-0.2, -0.15) is 26.3 Å². The topological polar surface area (TPSA) is 34.6 Å². The molecule has 192 valence electrons. The third-order valence-electron chi connectivity index (χ3n) is 6.75. The van der Waals surface area contributed by atoms with Gasteiger partial charge in [0.25, 0.3) is 0 Å². The van der Waals surface area contributed by atoms with Crippen LogP contribution >= 0.6 is 0 Å². The molecule has 3 aromatic rings. The highest BCUT2D eigenvalue weighted by molar-refractivity contribution is 5.86. The fourth-order valence-corrected chi connectivity index (χ4v) is 5.26. The highest BCUT2D eigenvalue weighted by Crippen LogP contribution is 2.49. The smallest absolute Gasteiger partial charge is 0.433 e. The maximum absolute atomic E-state index is 13.8. The summed E-state index contributed by atoms with van der Waals surface area (Å²) in [6.45, 7) is 2.99. The van der Waals surface area contributed by atoms with Crippen LogP contribution in [0.15, 0.2) is 48.5 Å². The molecule has 4 nitrogen and oxygen atoms in total. The van der Waals surface area contributed by atoms with Crippen molar-refractivity contribution in [1.82, 2.24) is 9.88 Å². The molecule has 0 amide bonds. The number of piperidine rings is 1. The number of halogens is 6. The van der Waals surface area contributed by atoms with Crippen LogP contribution in [0.5, 0.6) is 5.75 Å². The monoisotopic (exact) mass is 510 g/mol. The second kappa shape index (κ2) is 9.23. The minimum Gasteiger partial charge on any atom is -0.494 e. The molecule has 0 saturated carbocycles. The van der Waals surface area contributed by atoms with Crippen molar-refractivity contribution in [3.8, 4) is 5.75 Å². The Morgan fingerprint density at radius 2 is 1.78 bits per heavy atom. The third-order valence-corrected chi connectivity index (χ3v) is 6.75. The Labute approximate surface area is 203 Å². The molecular weight excluding hydrogens is 486 g/mol. The van der Waals surface area contributed by atoms with Gasteiger partial charge in [0, 0.05) is 18.0 Å². The van der Waals surface area contributed by atoms with Crippen LogP contribution in [0.4, 0.5) is 26.3 Å². The van der Waals surface area contributed by atoms with Crippen LogP contribution in [0, 0.1) is 0 Å². The Kier molecular flexibility index (Phi) is 6.36. The molecular formula is C26H24F6N2O2. The van der Waals surface area contributed by atoms with E-state index in [0.717, 1.165) is 30.5 Å². The lowest BCUT2D eigenvalue weighted by atomic mass is 9.91. The van der Waals surface area contributed by atoms with E-state index in [1.807, 2.05) is 25.1 Å². The zero-order valence-corrected chi connectivity index (χ0v) is 19.4. The number of para-hydroxylation sites is 1. The van der Waals surface area contributed by atoms with Gasteiger partial charge in [0.05, 0.1) is 17.7 Å². The van der Waals surface area contributed by atoms with E-state index >= 15 is 0 Å². The van der Waals surface area contributed by atoms with E-state index < -0.39 is 41.5 Å². The summed E-state index contributed by atoms with van der Waals surface area (Å²) in [5.74, 6) is 0.638. The van der Waals surface area contributed by atoms with Crippen LogP contribution in [-0.2, 0) is 17.1 Å². The quantitative estimate of drug-likeness (QED) is 0.345. The van der Waals surface area contributed by atoms with Crippen molar-refractivity contribution in [1.29, 1.82) is 0 Å². The first kappa shape index (κ1) is 24.8. The van der Waals surface area contributed by atoms with Crippen molar-refractivity contribution in [2.24, 2.45) is 0 Å². The number of aromatic nitrogens is 1. The zero-order chi connectivity index (χ0) is 25.7. The van der Waals surface area contributed by atoms with Crippen molar-refractivity contribution in [2.75, 3.05) is 13.2 Å². The van der Waals surface area contributed by atoms with Crippen molar-refractivity contribution in [3.05, 3.63) is 70.9 Å². The van der Waals surface area contributed by atoms with E-state index in [0.29, 0.717) is 25.3 Å². The molecule has 0 bridgehead atoms. The summed E-state index contributed by atoms with van der Waals surface area (Å²) in [6, 6.07) is 11.2. The van der Waals surface area contributed by atoms with E-state index in [1.165, 1.54) is 12.1 Å². The molecule has 2 aromatic carbocycles. The molecule has 0 radical (unpaired) electrons. The molecule has 1 aromatic heterocycles. The van der Waals surface area contributed by atoms with Crippen molar-refractivity contribution in [2.45, 2.75) is 56.9 Å². The summed E-state index contributed by atoms with van der Waals surface area (Å²) in [5.41, 5.74) is -2.44. The largest absolute Gasteiger partial charge is 0.494 e. The summed E-state index contributed by atoms with van der Waals surface area (Å²) in [7, 11) is 0. The molecule has 36 heavy (non-hydrogen) atoms. The van der Waals surface area contributed by atoms with Crippen LogP contribution in [0.25, 0.3) is 10.9 Å². The zero-order valence-electron chi connectivity index (χ0n) is 19.4. The Bertz CT molecular complexity index is 1260. The maximum atomic E-state index is 13.8. The number of fused-ring (bicyclic) bond motifs is 2. The Hall–Kier alpha value is -2.85. The van der Waals surface area contributed by atoms with Gasteiger partial charge in [-0.05, 0) is 55.2 Å². The first-order chi connectivity index (χ1) is 17.1. The SMILES string of the molecule is CCOc1cccc(C2O[C@@H](c3cc(C(F)(F)F)nc4c(C(F)(F)F)cccc34)[C@H]3CCCCN23)c1. The van der Waals surface area contributed by atoms with E-state index in [9.17, 15) is 26.3 Å². The Morgan fingerprint density at radius 3 is 2.50 bits per heavy atom. The maximum Gasteiger partial charge on any atom is 0.433 e.